The molecule has 0 fully saturated rings. The summed E-state index contributed by atoms with van der Waals surface area (Å²) in [5, 5.41) is 0. The van der Waals surface area contributed by atoms with Crippen LogP contribution in [0.3, 0.4) is 0 Å². The van der Waals surface area contributed by atoms with Crippen LogP contribution in [0.5, 0.6) is 11.6 Å². The van der Waals surface area contributed by atoms with E-state index in [2.05, 4.69) is 11.9 Å². The molecule has 1 aromatic carbocycles. The van der Waals surface area contributed by atoms with Gasteiger partial charge in [-0.2, -0.15) is 0 Å². The Morgan fingerprint density at radius 1 is 1.17 bits per heavy atom. The Morgan fingerprint density at radius 2 is 1.94 bits per heavy atom. The molecular formula is C15H18N2O. The summed E-state index contributed by atoms with van der Waals surface area (Å²) in [7, 11) is 0. The van der Waals surface area contributed by atoms with Crippen molar-refractivity contribution in [3.63, 3.8) is 0 Å². The van der Waals surface area contributed by atoms with Gasteiger partial charge in [0.15, 0.2) is 0 Å². The molecule has 3 heteroatoms. The standard InChI is InChI=1S/C15H18N2O/c1-2-13(16)11-12-7-6-10-17-15(12)18-14-8-4-3-5-9-14/h3-10,13H,2,11,16H2,1H3. The van der Waals surface area contributed by atoms with Crippen molar-refractivity contribution < 1.29 is 4.74 Å². The molecule has 3 nitrogen and oxygen atoms in total. The Morgan fingerprint density at radius 3 is 2.67 bits per heavy atom. The van der Waals surface area contributed by atoms with E-state index in [0.717, 1.165) is 24.2 Å². The molecule has 0 saturated heterocycles. The largest absolute Gasteiger partial charge is 0.439 e. The zero-order chi connectivity index (χ0) is 12.8. The second-order valence-electron chi connectivity index (χ2n) is 4.26. The van der Waals surface area contributed by atoms with E-state index in [1.54, 1.807) is 6.20 Å². The predicted octanol–water partition coefficient (Wildman–Crippen LogP) is 3.15. The molecule has 0 saturated carbocycles. The first-order valence-electron chi connectivity index (χ1n) is 6.22. The number of pyridine rings is 1. The van der Waals surface area contributed by atoms with E-state index in [0.29, 0.717) is 5.88 Å². The van der Waals surface area contributed by atoms with Crippen LogP contribution in [0, 0.1) is 0 Å². The summed E-state index contributed by atoms with van der Waals surface area (Å²) in [5.41, 5.74) is 7.04. The number of aromatic nitrogens is 1. The lowest BCUT2D eigenvalue weighted by Gasteiger charge is -2.12. The lowest BCUT2D eigenvalue weighted by atomic mass is 10.1. The molecule has 1 unspecified atom stereocenters. The first kappa shape index (κ1) is 12.6. The third-order valence-corrected chi connectivity index (χ3v) is 2.81. The number of para-hydroxylation sites is 1. The fourth-order valence-corrected chi connectivity index (χ4v) is 1.70. The van der Waals surface area contributed by atoms with Gasteiger partial charge >= 0.3 is 0 Å². The third kappa shape index (κ3) is 3.31. The molecule has 0 bridgehead atoms. The second-order valence-corrected chi connectivity index (χ2v) is 4.26. The molecule has 0 aliphatic carbocycles. The maximum atomic E-state index is 5.98. The van der Waals surface area contributed by atoms with Gasteiger partial charge in [-0.3, -0.25) is 0 Å². The van der Waals surface area contributed by atoms with E-state index in [-0.39, 0.29) is 6.04 Å². The lowest BCUT2D eigenvalue weighted by molar-refractivity contribution is 0.452. The highest BCUT2D eigenvalue weighted by atomic mass is 16.5. The van der Waals surface area contributed by atoms with Gasteiger partial charge in [-0.1, -0.05) is 31.2 Å². The molecule has 2 rings (SSSR count). The molecular weight excluding hydrogens is 224 g/mol. The van der Waals surface area contributed by atoms with Crippen LogP contribution in [0.15, 0.2) is 48.7 Å². The molecule has 1 heterocycles. The maximum absolute atomic E-state index is 5.98. The van der Waals surface area contributed by atoms with Crippen molar-refractivity contribution in [2.24, 2.45) is 5.73 Å². The lowest BCUT2D eigenvalue weighted by Crippen LogP contribution is -2.21. The van der Waals surface area contributed by atoms with Crippen LogP contribution in [0.4, 0.5) is 0 Å². The van der Waals surface area contributed by atoms with Crippen molar-refractivity contribution in [3.8, 4) is 11.6 Å². The highest BCUT2D eigenvalue weighted by Crippen LogP contribution is 2.23. The smallest absolute Gasteiger partial charge is 0.222 e. The molecule has 1 aromatic heterocycles. The molecule has 0 radical (unpaired) electrons. The van der Waals surface area contributed by atoms with Crippen molar-refractivity contribution >= 4 is 0 Å². The highest BCUT2D eigenvalue weighted by Gasteiger charge is 2.09. The minimum absolute atomic E-state index is 0.146. The zero-order valence-electron chi connectivity index (χ0n) is 10.5. The minimum atomic E-state index is 0.146. The molecule has 1 atom stereocenters. The molecule has 18 heavy (non-hydrogen) atoms. The van der Waals surface area contributed by atoms with E-state index in [4.69, 9.17) is 10.5 Å². The molecule has 0 spiro atoms. The summed E-state index contributed by atoms with van der Waals surface area (Å²) in [5.74, 6) is 1.44. The molecule has 2 N–H and O–H groups in total. The van der Waals surface area contributed by atoms with Crippen LogP contribution in [0.25, 0.3) is 0 Å². The normalized spacial score (nSPS) is 12.1. The number of rotatable bonds is 5. The molecule has 0 aliphatic heterocycles. The van der Waals surface area contributed by atoms with Crippen molar-refractivity contribution in [1.29, 1.82) is 0 Å². The minimum Gasteiger partial charge on any atom is -0.439 e. The summed E-state index contributed by atoms with van der Waals surface area (Å²) in [6, 6.07) is 13.7. The molecule has 0 amide bonds. The van der Waals surface area contributed by atoms with Crippen LogP contribution in [0.2, 0.25) is 0 Å². The van der Waals surface area contributed by atoms with Gasteiger partial charge in [0.05, 0.1) is 0 Å². The van der Waals surface area contributed by atoms with Gasteiger partial charge in [-0.05, 0) is 31.0 Å². The van der Waals surface area contributed by atoms with Crippen molar-refractivity contribution in [2.45, 2.75) is 25.8 Å². The average molecular weight is 242 g/mol. The van der Waals surface area contributed by atoms with E-state index < -0.39 is 0 Å². The fourth-order valence-electron chi connectivity index (χ4n) is 1.70. The van der Waals surface area contributed by atoms with Crippen molar-refractivity contribution in [2.75, 3.05) is 0 Å². The zero-order valence-corrected chi connectivity index (χ0v) is 10.5. The number of hydrogen-bond donors (Lipinski definition) is 1. The fraction of sp³-hybridized carbons (Fsp3) is 0.267. The van der Waals surface area contributed by atoms with Gasteiger partial charge in [-0.15, -0.1) is 0 Å². The van der Waals surface area contributed by atoms with Crippen molar-refractivity contribution in [1.82, 2.24) is 4.98 Å². The summed E-state index contributed by atoms with van der Waals surface area (Å²) in [6.45, 7) is 2.08. The number of hydrogen-bond acceptors (Lipinski definition) is 3. The maximum Gasteiger partial charge on any atom is 0.222 e. The van der Waals surface area contributed by atoms with Crippen LogP contribution in [-0.4, -0.2) is 11.0 Å². The van der Waals surface area contributed by atoms with Crippen LogP contribution in [0.1, 0.15) is 18.9 Å². The molecule has 0 aliphatic rings. The van der Waals surface area contributed by atoms with Crippen LogP contribution >= 0.6 is 0 Å². The topological polar surface area (TPSA) is 48.1 Å². The van der Waals surface area contributed by atoms with Crippen LogP contribution in [-0.2, 0) is 6.42 Å². The van der Waals surface area contributed by atoms with Gasteiger partial charge in [-0.25, -0.2) is 4.98 Å². The number of ether oxygens (including phenoxy) is 1. The third-order valence-electron chi connectivity index (χ3n) is 2.81. The quantitative estimate of drug-likeness (QED) is 0.876. The first-order valence-corrected chi connectivity index (χ1v) is 6.22. The van der Waals surface area contributed by atoms with Gasteiger partial charge in [0, 0.05) is 17.8 Å². The summed E-state index contributed by atoms with van der Waals surface area (Å²) < 4.78 is 5.79. The van der Waals surface area contributed by atoms with Gasteiger partial charge in [0.2, 0.25) is 5.88 Å². The van der Waals surface area contributed by atoms with Gasteiger partial charge in [0.25, 0.3) is 0 Å². The van der Waals surface area contributed by atoms with E-state index in [9.17, 15) is 0 Å². The van der Waals surface area contributed by atoms with Crippen molar-refractivity contribution in [3.05, 3.63) is 54.2 Å². The highest BCUT2D eigenvalue weighted by molar-refractivity contribution is 5.32. The summed E-state index contributed by atoms with van der Waals surface area (Å²) in [6.07, 6.45) is 3.46. The summed E-state index contributed by atoms with van der Waals surface area (Å²) in [4.78, 5) is 4.28. The SMILES string of the molecule is CCC(N)Cc1cccnc1Oc1ccccc1. The Bertz CT molecular complexity index is 485. The second kappa shape index (κ2) is 6.17. The Balaban J connectivity index is 2.17. The Kier molecular flexibility index (Phi) is 4.31. The van der Waals surface area contributed by atoms with Gasteiger partial charge in [0.1, 0.15) is 5.75 Å². The number of nitrogens with two attached hydrogens (primary N) is 1. The van der Waals surface area contributed by atoms with Crippen LogP contribution < -0.4 is 10.5 Å². The van der Waals surface area contributed by atoms with E-state index >= 15 is 0 Å². The van der Waals surface area contributed by atoms with Gasteiger partial charge < -0.3 is 10.5 Å². The predicted molar refractivity (Wildman–Crippen MR) is 72.7 cm³/mol. The first-order chi connectivity index (χ1) is 8.79. The molecule has 2 aromatic rings. The number of nitrogens with zero attached hydrogens (tertiary/aromatic N) is 1. The Hall–Kier alpha value is -1.87. The number of benzene rings is 1. The average Bonchev–Trinajstić information content (AvgIpc) is 2.42. The molecule has 94 valence electrons. The monoisotopic (exact) mass is 242 g/mol. The van der Waals surface area contributed by atoms with E-state index in [1.807, 2.05) is 42.5 Å². The Labute approximate surface area is 108 Å². The summed E-state index contributed by atoms with van der Waals surface area (Å²) >= 11 is 0. The van der Waals surface area contributed by atoms with E-state index in [1.165, 1.54) is 0 Å².